The largest absolute Gasteiger partial charge is 0.339 e. The number of carbonyl (C=O) groups is 1. The summed E-state index contributed by atoms with van der Waals surface area (Å²) >= 11 is 1.37. The van der Waals surface area contributed by atoms with Gasteiger partial charge in [-0.2, -0.15) is 5.26 Å². The number of rotatable bonds is 3. The van der Waals surface area contributed by atoms with Gasteiger partial charge in [-0.1, -0.05) is 23.4 Å². The third-order valence-electron chi connectivity index (χ3n) is 4.51. The van der Waals surface area contributed by atoms with Crippen molar-refractivity contribution in [3.05, 3.63) is 35.4 Å². The molecule has 1 aliphatic rings. The molecule has 1 saturated heterocycles. The van der Waals surface area contributed by atoms with Gasteiger partial charge in [0.15, 0.2) is 0 Å². The number of nitriles is 1. The highest BCUT2D eigenvalue weighted by atomic mass is 32.2. The van der Waals surface area contributed by atoms with Crippen LogP contribution in [0.25, 0.3) is 10.9 Å². The summed E-state index contributed by atoms with van der Waals surface area (Å²) in [5.41, 5.74) is 2.54. The minimum Gasteiger partial charge on any atom is -0.339 e. The Kier molecular flexibility index (Phi) is 5.06. The Morgan fingerprint density at radius 3 is 3.00 bits per heavy atom. The van der Waals surface area contributed by atoms with Crippen LogP contribution in [0.1, 0.15) is 37.3 Å². The fourth-order valence-corrected chi connectivity index (χ4v) is 4.00. The molecule has 5 heteroatoms. The number of amides is 1. The van der Waals surface area contributed by atoms with Gasteiger partial charge in [-0.25, -0.2) is 4.98 Å². The van der Waals surface area contributed by atoms with E-state index in [0.717, 1.165) is 35.9 Å². The van der Waals surface area contributed by atoms with E-state index < -0.39 is 0 Å². The molecule has 1 atom stereocenters. The lowest BCUT2D eigenvalue weighted by Crippen LogP contribution is -2.42. The number of carbonyl (C=O) groups excluding carboxylic acids is 1. The van der Waals surface area contributed by atoms with Gasteiger partial charge in [0.25, 0.3) is 0 Å². The Labute approximate surface area is 146 Å². The number of piperidine rings is 1. The van der Waals surface area contributed by atoms with E-state index in [1.807, 2.05) is 36.1 Å². The van der Waals surface area contributed by atoms with Crippen LogP contribution in [0, 0.1) is 18.3 Å². The van der Waals surface area contributed by atoms with Gasteiger partial charge in [-0.05, 0) is 51.3 Å². The first kappa shape index (κ1) is 16.8. The first-order chi connectivity index (χ1) is 11.6. The Morgan fingerprint density at radius 2 is 2.25 bits per heavy atom. The van der Waals surface area contributed by atoms with Gasteiger partial charge in [-0.3, -0.25) is 4.79 Å². The Hall–Kier alpha value is -2.06. The first-order valence-corrected chi connectivity index (χ1v) is 9.31. The second-order valence-corrected chi connectivity index (χ2v) is 7.33. The van der Waals surface area contributed by atoms with Crippen LogP contribution in [0.4, 0.5) is 0 Å². The second kappa shape index (κ2) is 7.23. The van der Waals surface area contributed by atoms with E-state index in [9.17, 15) is 10.1 Å². The lowest BCUT2D eigenvalue weighted by atomic mass is 10.0. The summed E-state index contributed by atoms with van der Waals surface area (Å²) in [6.45, 7) is 4.97. The lowest BCUT2D eigenvalue weighted by molar-refractivity contribution is -0.131. The molecule has 1 fully saturated rings. The first-order valence-electron chi connectivity index (χ1n) is 8.32. The minimum atomic E-state index is 0.141. The molecule has 24 heavy (non-hydrogen) atoms. The predicted molar refractivity (Wildman–Crippen MR) is 96.9 cm³/mol. The van der Waals surface area contributed by atoms with Crippen molar-refractivity contribution < 1.29 is 4.79 Å². The molecule has 0 saturated carbocycles. The van der Waals surface area contributed by atoms with Crippen molar-refractivity contribution in [3.8, 4) is 6.07 Å². The van der Waals surface area contributed by atoms with Crippen LogP contribution in [-0.2, 0) is 4.79 Å². The zero-order valence-electron chi connectivity index (χ0n) is 14.1. The van der Waals surface area contributed by atoms with Crippen LogP contribution in [0.5, 0.6) is 0 Å². The number of hydrogen-bond donors (Lipinski definition) is 0. The molecule has 4 nitrogen and oxygen atoms in total. The highest BCUT2D eigenvalue weighted by Crippen LogP contribution is 2.26. The van der Waals surface area contributed by atoms with Gasteiger partial charge < -0.3 is 4.90 Å². The maximum Gasteiger partial charge on any atom is 0.233 e. The summed E-state index contributed by atoms with van der Waals surface area (Å²) < 4.78 is 0. The quantitative estimate of drug-likeness (QED) is 0.796. The van der Waals surface area contributed by atoms with E-state index in [2.05, 4.69) is 18.0 Å². The van der Waals surface area contributed by atoms with Crippen molar-refractivity contribution in [2.45, 2.75) is 44.2 Å². The van der Waals surface area contributed by atoms with E-state index in [1.54, 1.807) is 0 Å². The maximum absolute atomic E-state index is 12.5. The summed E-state index contributed by atoms with van der Waals surface area (Å²) in [6, 6.07) is 10.4. The van der Waals surface area contributed by atoms with Crippen LogP contribution in [0.3, 0.4) is 0 Å². The molecule has 1 aromatic heterocycles. The van der Waals surface area contributed by atoms with Crippen LogP contribution < -0.4 is 0 Å². The minimum absolute atomic E-state index is 0.141. The standard InChI is InChI=1S/C19H21N3OS/c1-13-6-7-17-15(9-13)10-16(11-20)19(21-17)24-12-18(23)22-8-4-3-5-14(22)2/h6-7,9-10,14H,3-5,8,12H2,1-2H3/t14-/m1/s1. The number of nitrogens with zero attached hydrogens (tertiary/aromatic N) is 3. The second-order valence-electron chi connectivity index (χ2n) is 6.37. The van der Waals surface area contributed by atoms with E-state index >= 15 is 0 Å². The molecule has 2 aromatic rings. The fourth-order valence-electron chi connectivity index (χ4n) is 3.15. The third kappa shape index (κ3) is 3.54. The van der Waals surface area contributed by atoms with E-state index in [4.69, 9.17) is 0 Å². The average Bonchev–Trinajstić information content (AvgIpc) is 2.59. The summed E-state index contributed by atoms with van der Waals surface area (Å²) in [6.07, 6.45) is 3.35. The SMILES string of the molecule is Cc1ccc2nc(SCC(=O)N3CCCC[C@H]3C)c(C#N)cc2c1. The molecule has 1 aromatic carbocycles. The molecule has 2 heterocycles. The van der Waals surface area contributed by atoms with Gasteiger partial charge >= 0.3 is 0 Å². The average molecular weight is 339 g/mol. The number of likely N-dealkylation sites (tertiary alicyclic amines) is 1. The Morgan fingerprint density at radius 1 is 1.42 bits per heavy atom. The molecule has 0 unspecified atom stereocenters. The highest BCUT2D eigenvalue weighted by Gasteiger charge is 2.23. The number of pyridine rings is 1. The summed E-state index contributed by atoms with van der Waals surface area (Å²) in [7, 11) is 0. The zero-order chi connectivity index (χ0) is 17.1. The van der Waals surface area contributed by atoms with Crippen molar-refractivity contribution in [2.24, 2.45) is 0 Å². The van der Waals surface area contributed by atoms with Crippen molar-refractivity contribution in [3.63, 3.8) is 0 Å². The zero-order valence-corrected chi connectivity index (χ0v) is 14.9. The molecule has 0 radical (unpaired) electrons. The van der Waals surface area contributed by atoms with Gasteiger partial charge in [0, 0.05) is 18.0 Å². The molecule has 3 rings (SSSR count). The van der Waals surface area contributed by atoms with Crippen molar-refractivity contribution >= 4 is 28.6 Å². The van der Waals surface area contributed by atoms with E-state index in [0.29, 0.717) is 22.4 Å². The van der Waals surface area contributed by atoms with Crippen LogP contribution >= 0.6 is 11.8 Å². The molecule has 0 spiro atoms. The molecule has 0 aliphatic carbocycles. The predicted octanol–water partition coefficient (Wildman–Crippen LogP) is 3.91. The normalized spacial score (nSPS) is 17.7. The topological polar surface area (TPSA) is 57.0 Å². The smallest absolute Gasteiger partial charge is 0.233 e. The van der Waals surface area contributed by atoms with Gasteiger partial charge in [0.1, 0.15) is 11.1 Å². The lowest BCUT2D eigenvalue weighted by Gasteiger charge is -2.33. The number of thioether (sulfide) groups is 1. The Bertz CT molecular complexity index is 812. The fraction of sp³-hybridized carbons (Fsp3) is 0.421. The number of hydrogen-bond acceptors (Lipinski definition) is 4. The van der Waals surface area contributed by atoms with Crippen LogP contribution in [-0.4, -0.2) is 34.1 Å². The van der Waals surface area contributed by atoms with E-state index in [1.165, 1.54) is 18.2 Å². The summed E-state index contributed by atoms with van der Waals surface area (Å²) in [5, 5.41) is 11.0. The van der Waals surface area contributed by atoms with Crippen LogP contribution in [0.15, 0.2) is 29.3 Å². The van der Waals surface area contributed by atoms with E-state index in [-0.39, 0.29) is 5.91 Å². The molecule has 1 aliphatic heterocycles. The molecule has 0 bridgehead atoms. The Balaban J connectivity index is 1.78. The van der Waals surface area contributed by atoms with Gasteiger partial charge in [0.05, 0.1) is 16.8 Å². The number of fused-ring (bicyclic) bond motifs is 1. The monoisotopic (exact) mass is 339 g/mol. The highest BCUT2D eigenvalue weighted by molar-refractivity contribution is 8.00. The summed E-state index contributed by atoms with van der Waals surface area (Å²) in [5.74, 6) is 0.477. The van der Waals surface area contributed by atoms with Crippen molar-refractivity contribution in [2.75, 3.05) is 12.3 Å². The number of benzene rings is 1. The number of aromatic nitrogens is 1. The molecule has 0 N–H and O–H groups in total. The van der Waals surface area contributed by atoms with Crippen molar-refractivity contribution in [1.29, 1.82) is 5.26 Å². The maximum atomic E-state index is 12.5. The molecule has 124 valence electrons. The van der Waals surface area contributed by atoms with Gasteiger partial charge in [-0.15, -0.1) is 0 Å². The third-order valence-corrected chi connectivity index (χ3v) is 5.49. The van der Waals surface area contributed by atoms with Gasteiger partial charge in [0.2, 0.25) is 5.91 Å². The molecule has 1 amide bonds. The van der Waals surface area contributed by atoms with Crippen molar-refractivity contribution in [1.82, 2.24) is 9.88 Å². The molecular weight excluding hydrogens is 318 g/mol. The number of aryl methyl sites for hydroxylation is 1. The van der Waals surface area contributed by atoms with Crippen LogP contribution in [0.2, 0.25) is 0 Å². The molecular formula is C19H21N3OS. The summed E-state index contributed by atoms with van der Waals surface area (Å²) in [4.78, 5) is 19.0.